The van der Waals surface area contributed by atoms with Gasteiger partial charge in [0.15, 0.2) is 0 Å². The van der Waals surface area contributed by atoms with Gasteiger partial charge in [-0.1, -0.05) is 42.5 Å². The number of aromatic amines is 1. The molecule has 1 amide bonds. The second-order valence-corrected chi connectivity index (χ2v) is 6.55. The molecule has 0 bridgehead atoms. The zero-order valence-corrected chi connectivity index (χ0v) is 16.1. The van der Waals surface area contributed by atoms with Gasteiger partial charge in [-0.3, -0.25) is 9.89 Å². The second-order valence-electron chi connectivity index (χ2n) is 6.55. The lowest BCUT2D eigenvalue weighted by Crippen LogP contribution is -2.18. The van der Waals surface area contributed by atoms with Gasteiger partial charge in [0.2, 0.25) is 5.91 Å². The Morgan fingerprint density at radius 1 is 1.18 bits per heavy atom. The molecule has 0 fully saturated rings. The smallest absolute Gasteiger partial charge is 0.240 e. The number of ether oxygens (including phenoxy) is 1. The fourth-order valence-corrected chi connectivity index (χ4v) is 2.84. The first-order valence-corrected chi connectivity index (χ1v) is 9.21. The van der Waals surface area contributed by atoms with E-state index in [1.807, 2.05) is 68.4 Å². The fourth-order valence-electron chi connectivity index (χ4n) is 2.84. The minimum absolute atomic E-state index is 0.132. The standard InChI is InChI=1S/C22H24N4O2/c1-16-21(17(2)25-24-16)11-12-22(27)26-23-14-19-9-6-10-20(13-19)28-15-18-7-4-3-5-8-18/h3-10,13-14H,11-12,15H2,1-2H3,(H,24,25)(H,26,27)/b23-14+. The van der Waals surface area contributed by atoms with Crippen LogP contribution < -0.4 is 10.2 Å². The van der Waals surface area contributed by atoms with E-state index in [9.17, 15) is 4.79 Å². The Bertz CT molecular complexity index is 929. The Balaban J connectivity index is 1.48. The molecule has 0 spiro atoms. The first-order valence-electron chi connectivity index (χ1n) is 9.21. The molecule has 3 rings (SSSR count). The molecule has 3 aromatic rings. The summed E-state index contributed by atoms with van der Waals surface area (Å²) in [6, 6.07) is 17.6. The average molecular weight is 376 g/mol. The Hall–Kier alpha value is -3.41. The van der Waals surface area contributed by atoms with Gasteiger partial charge in [-0.15, -0.1) is 0 Å². The molecule has 2 aromatic carbocycles. The van der Waals surface area contributed by atoms with Crippen LogP contribution in [0.25, 0.3) is 0 Å². The number of hydrazone groups is 1. The van der Waals surface area contributed by atoms with Crippen molar-refractivity contribution in [2.24, 2.45) is 5.10 Å². The number of hydrogen-bond acceptors (Lipinski definition) is 4. The van der Waals surface area contributed by atoms with Crippen LogP contribution in [0.3, 0.4) is 0 Å². The van der Waals surface area contributed by atoms with Crippen molar-refractivity contribution in [3.8, 4) is 5.75 Å². The predicted octanol–water partition coefficient (Wildman–Crippen LogP) is 3.69. The van der Waals surface area contributed by atoms with Crippen molar-refractivity contribution >= 4 is 12.1 Å². The Labute approximate surface area is 164 Å². The number of nitrogens with one attached hydrogen (secondary N) is 2. The number of aryl methyl sites for hydroxylation is 2. The van der Waals surface area contributed by atoms with E-state index in [0.717, 1.165) is 33.8 Å². The molecular weight excluding hydrogens is 352 g/mol. The third kappa shape index (κ3) is 5.54. The number of carbonyl (C=O) groups excluding carboxylic acids is 1. The highest BCUT2D eigenvalue weighted by Crippen LogP contribution is 2.14. The van der Waals surface area contributed by atoms with Gasteiger partial charge in [0.05, 0.1) is 11.9 Å². The minimum atomic E-state index is -0.132. The van der Waals surface area contributed by atoms with Gasteiger partial charge in [-0.05, 0) is 49.1 Å². The second kappa shape index (κ2) is 9.50. The predicted molar refractivity (Wildman–Crippen MR) is 109 cm³/mol. The van der Waals surface area contributed by atoms with Crippen LogP contribution in [0.1, 0.15) is 34.5 Å². The lowest BCUT2D eigenvalue weighted by molar-refractivity contribution is -0.121. The number of amides is 1. The zero-order valence-electron chi connectivity index (χ0n) is 16.1. The van der Waals surface area contributed by atoms with E-state index in [1.165, 1.54) is 0 Å². The molecule has 1 aromatic heterocycles. The third-order valence-electron chi connectivity index (χ3n) is 4.39. The van der Waals surface area contributed by atoms with Crippen molar-refractivity contribution in [2.75, 3.05) is 0 Å². The Kier molecular flexibility index (Phi) is 6.57. The molecule has 2 N–H and O–H groups in total. The summed E-state index contributed by atoms with van der Waals surface area (Å²) in [6.45, 7) is 4.39. The summed E-state index contributed by atoms with van der Waals surface area (Å²) in [6.07, 6.45) is 2.61. The van der Waals surface area contributed by atoms with Crippen LogP contribution in [0.5, 0.6) is 5.75 Å². The van der Waals surface area contributed by atoms with Crippen LogP contribution in [0, 0.1) is 13.8 Å². The van der Waals surface area contributed by atoms with Crippen molar-refractivity contribution in [3.05, 3.63) is 82.7 Å². The average Bonchev–Trinajstić information content (AvgIpc) is 3.03. The maximum absolute atomic E-state index is 12.0. The van der Waals surface area contributed by atoms with Crippen molar-refractivity contribution < 1.29 is 9.53 Å². The van der Waals surface area contributed by atoms with E-state index >= 15 is 0 Å². The molecule has 0 aliphatic heterocycles. The molecule has 0 radical (unpaired) electrons. The molecular formula is C22H24N4O2. The summed E-state index contributed by atoms with van der Waals surface area (Å²) in [7, 11) is 0. The first kappa shape index (κ1) is 19.4. The Morgan fingerprint density at radius 3 is 2.75 bits per heavy atom. The summed E-state index contributed by atoms with van der Waals surface area (Å²) < 4.78 is 5.80. The van der Waals surface area contributed by atoms with Gasteiger partial charge < -0.3 is 4.74 Å². The number of rotatable bonds is 8. The van der Waals surface area contributed by atoms with Crippen LogP contribution in [-0.4, -0.2) is 22.3 Å². The van der Waals surface area contributed by atoms with E-state index in [0.29, 0.717) is 19.4 Å². The van der Waals surface area contributed by atoms with E-state index < -0.39 is 0 Å². The van der Waals surface area contributed by atoms with E-state index in [2.05, 4.69) is 20.7 Å². The van der Waals surface area contributed by atoms with E-state index in [4.69, 9.17) is 4.74 Å². The number of hydrogen-bond donors (Lipinski definition) is 2. The molecule has 0 aliphatic carbocycles. The van der Waals surface area contributed by atoms with Gasteiger partial charge in [-0.25, -0.2) is 5.43 Å². The summed E-state index contributed by atoms with van der Waals surface area (Å²) in [4.78, 5) is 12.0. The molecule has 0 saturated heterocycles. The van der Waals surface area contributed by atoms with Gasteiger partial charge in [0, 0.05) is 12.1 Å². The lowest BCUT2D eigenvalue weighted by atomic mass is 10.1. The van der Waals surface area contributed by atoms with Crippen molar-refractivity contribution in [1.29, 1.82) is 0 Å². The first-order chi connectivity index (χ1) is 13.6. The van der Waals surface area contributed by atoms with Crippen molar-refractivity contribution in [3.63, 3.8) is 0 Å². The highest BCUT2D eigenvalue weighted by atomic mass is 16.5. The van der Waals surface area contributed by atoms with Crippen LogP contribution in [0.2, 0.25) is 0 Å². The van der Waals surface area contributed by atoms with Crippen molar-refractivity contribution in [2.45, 2.75) is 33.3 Å². The zero-order chi connectivity index (χ0) is 19.8. The van der Waals surface area contributed by atoms with Gasteiger partial charge >= 0.3 is 0 Å². The topological polar surface area (TPSA) is 79.4 Å². The van der Waals surface area contributed by atoms with Gasteiger partial charge in [-0.2, -0.15) is 10.2 Å². The molecule has 28 heavy (non-hydrogen) atoms. The lowest BCUT2D eigenvalue weighted by Gasteiger charge is -2.06. The van der Waals surface area contributed by atoms with Crippen LogP contribution in [0.4, 0.5) is 0 Å². The van der Waals surface area contributed by atoms with Gasteiger partial charge in [0.1, 0.15) is 12.4 Å². The molecule has 0 atom stereocenters. The summed E-state index contributed by atoms with van der Waals surface area (Å²) >= 11 is 0. The number of aromatic nitrogens is 2. The summed E-state index contributed by atoms with van der Waals surface area (Å²) in [5, 5.41) is 11.1. The molecule has 6 heteroatoms. The number of carbonyl (C=O) groups is 1. The number of benzene rings is 2. The quantitative estimate of drug-likeness (QED) is 0.465. The fraction of sp³-hybridized carbons (Fsp3) is 0.227. The molecule has 0 aliphatic rings. The van der Waals surface area contributed by atoms with Gasteiger partial charge in [0.25, 0.3) is 0 Å². The molecule has 0 saturated carbocycles. The maximum atomic E-state index is 12.0. The van der Waals surface area contributed by atoms with E-state index in [-0.39, 0.29) is 5.91 Å². The highest BCUT2D eigenvalue weighted by molar-refractivity contribution is 5.82. The normalized spacial score (nSPS) is 10.9. The highest BCUT2D eigenvalue weighted by Gasteiger charge is 2.08. The number of H-pyrrole nitrogens is 1. The van der Waals surface area contributed by atoms with E-state index in [1.54, 1.807) is 6.21 Å². The SMILES string of the molecule is Cc1n[nH]c(C)c1CCC(=O)N/N=C/c1cccc(OCc2ccccc2)c1. The van der Waals surface area contributed by atoms with Crippen molar-refractivity contribution in [1.82, 2.24) is 15.6 Å². The minimum Gasteiger partial charge on any atom is -0.489 e. The van der Waals surface area contributed by atoms with Crippen LogP contribution >= 0.6 is 0 Å². The largest absolute Gasteiger partial charge is 0.489 e. The summed E-state index contributed by atoms with van der Waals surface area (Å²) in [5.41, 5.74) is 7.55. The summed E-state index contributed by atoms with van der Waals surface area (Å²) in [5.74, 6) is 0.623. The Morgan fingerprint density at radius 2 is 2.00 bits per heavy atom. The van der Waals surface area contributed by atoms with Crippen LogP contribution in [-0.2, 0) is 17.8 Å². The molecule has 144 valence electrons. The molecule has 0 unspecified atom stereocenters. The maximum Gasteiger partial charge on any atom is 0.240 e. The third-order valence-corrected chi connectivity index (χ3v) is 4.39. The number of nitrogens with zero attached hydrogens (tertiary/aromatic N) is 2. The van der Waals surface area contributed by atoms with Crippen LogP contribution in [0.15, 0.2) is 59.7 Å². The monoisotopic (exact) mass is 376 g/mol. The molecule has 1 heterocycles. The molecule has 6 nitrogen and oxygen atoms in total.